The van der Waals surface area contributed by atoms with Gasteiger partial charge in [-0.15, -0.1) is 0 Å². The van der Waals surface area contributed by atoms with E-state index < -0.39 is 5.54 Å². The number of hydrogen-bond acceptors (Lipinski definition) is 5. The summed E-state index contributed by atoms with van der Waals surface area (Å²) in [6, 6.07) is 16.6. The van der Waals surface area contributed by atoms with Crippen LogP contribution in [0.25, 0.3) is 12.2 Å². The Morgan fingerprint density at radius 2 is 1.52 bits per heavy atom. The highest BCUT2D eigenvalue weighted by atomic mass is 16.3. The minimum atomic E-state index is -0.857. The van der Waals surface area contributed by atoms with Crippen molar-refractivity contribution < 1.29 is 15.0 Å². The molecule has 154 valence electrons. The normalized spacial score (nSPS) is 12.9. The topological polar surface area (TPSA) is 84.8 Å². The van der Waals surface area contributed by atoms with Crippen molar-refractivity contribution in [1.29, 1.82) is 0 Å². The molecule has 0 aliphatic carbocycles. The number of carbonyl (C=O) groups is 1. The maximum atomic E-state index is 12.1. The Morgan fingerprint density at radius 3 is 2.07 bits per heavy atom. The molecule has 4 N–H and O–H groups in total. The highest BCUT2D eigenvalue weighted by Gasteiger charge is 2.22. The zero-order valence-corrected chi connectivity index (χ0v) is 16.8. The third-order valence-corrected chi connectivity index (χ3v) is 5.15. The van der Waals surface area contributed by atoms with Gasteiger partial charge in [0.2, 0.25) is 5.91 Å². The van der Waals surface area contributed by atoms with Crippen LogP contribution in [0, 0.1) is 0 Å². The molecule has 1 amide bonds. The van der Waals surface area contributed by atoms with Gasteiger partial charge in [-0.3, -0.25) is 10.1 Å². The number of amides is 1. The molecule has 0 fully saturated rings. The summed E-state index contributed by atoms with van der Waals surface area (Å²) in [4.78, 5) is 14.4. The Hall–Kier alpha value is -2.67. The van der Waals surface area contributed by atoms with E-state index in [1.807, 2.05) is 24.3 Å². The van der Waals surface area contributed by atoms with Gasteiger partial charge in [-0.1, -0.05) is 48.6 Å². The number of anilines is 2. The molecule has 3 rings (SSSR count). The molecule has 1 heterocycles. The summed E-state index contributed by atoms with van der Waals surface area (Å²) in [5, 5.41) is 24.3. The fourth-order valence-corrected chi connectivity index (χ4v) is 3.28. The lowest BCUT2D eigenvalue weighted by molar-refractivity contribution is -0.120. The summed E-state index contributed by atoms with van der Waals surface area (Å²) < 4.78 is 0. The monoisotopic (exact) mass is 395 g/mol. The molecule has 0 spiro atoms. The Balaban J connectivity index is 1.58. The first kappa shape index (κ1) is 21.0. The molecule has 0 saturated carbocycles. The Morgan fingerprint density at radius 1 is 0.966 bits per heavy atom. The Labute approximate surface area is 171 Å². The molecule has 6 nitrogen and oxygen atoms in total. The van der Waals surface area contributed by atoms with Gasteiger partial charge in [-0.2, -0.15) is 0 Å². The maximum Gasteiger partial charge on any atom is 0.233 e. The van der Waals surface area contributed by atoms with E-state index in [9.17, 15) is 15.0 Å². The number of aliphatic hydroxyl groups excluding tert-OH is 2. The lowest BCUT2D eigenvalue weighted by Crippen LogP contribution is -2.52. The van der Waals surface area contributed by atoms with Crippen LogP contribution in [0.2, 0.25) is 0 Å². The number of fused-ring (bicyclic) bond motifs is 2. The summed E-state index contributed by atoms with van der Waals surface area (Å²) in [6.45, 7) is 2.56. The Kier molecular flexibility index (Phi) is 7.04. The quantitative estimate of drug-likeness (QED) is 0.489. The molecular formula is C23H29N3O3. The molecule has 2 aromatic carbocycles. The first-order valence-electron chi connectivity index (χ1n) is 9.93. The summed E-state index contributed by atoms with van der Waals surface area (Å²) >= 11 is 0. The molecule has 1 aliphatic rings. The van der Waals surface area contributed by atoms with Gasteiger partial charge in [-0.05, 0) is 36.6 Å². The van der Waals surface area contributed by atoms with Crippen LogP contribution in [0.4, 0.5) is 11.4 Å². The van der Waals surface area contributed by atoms with Crippen LogP contribution in [0.1, 0.15) is 24.5 Å². The van der Waals surface area contributed by atoms with E-state index in [0.29, 0.717) is 6.54 Å². The van der Waals surface area contributed by atoms with Gasteiger partial charge in [0.1, 0.15) is 0 Å². The molecule has 0 bridgehead atoms. The standard InChI is InChI=1S/C23H29N3O3/c1-23(16-27,17-28)25-15-22(29)24-13-6-14-26-20-9-4-2-7-18(20)11-12-19-8-3-5-10-21(19)26/h2-5,7-12,25,27-28H,6,13-17H2,1H3,(H,24,29). The Bertz CT molecular complexity index is 812. The van der Waals surface area contributed by atoms with Crippen LogP contribution >= 0.6 is 0 Å². The highest BCUT2D eigenvalue weighted by Crippen LogP contribution is 2.35. The number of aliphatic hydroxyl groups is 2. The van der Waals surface area contributed by atoms with Crippen molar-refractivity contribution in [3.8, 4) is 0 Å². The highest BCUT2D eigenvalue weighted by molar-refractivity contribution is 5.88. The number of nitrogens with zero attached hydrogens (tertiary/aromatic N) is 1. The van der Waals surface area contributed by atoms with E-state index in [2.05, 4.69) is 52.0 Å². The van der Waals surface area contributed by atoms with Gasteiger partial charge in [0.15, 0.2) is 0 Å². The molecule has 1 aliphatic heterocycles. The smallest absolute Gasteiger partial charge is 0.233 e. The van der Waals surface area contributed by atoms with Crippen LogP contribution in [0.3, 0.4) is 0 Å². The van der Waals surface area contributed by atoms with Crippen molar-refractivity contribution in [3.05, 3.63) is 59.7 Å². The lowest BCUT2D eigenvalue weighted by atomic mass is 10.1. The molecule has 0 aromatic heterocycles. The van der Waals surface area contributed by atoms with E-state index in [-0.39, 0.29) is 25.7 Å². The zero-order chi connectivity index (χ0) is 20.7. The molecule has 0 unspecified atom stereocenters. The summed E-state index contributed by atoms with van der Waals surface area (Å²) in [5.41, 5.74) is 3.80. The summed E-state index contributed by atoms with van der Waals surface area (Å²) in [7, 11) is 0. The van der Waals surface area contributed by atoms with E-state index in [1.54, 1.807) is 6.92 Å². The van der Waals surface area contributed by atoms with E-state index >= 15 is 0 Å². The first-order valence-corrected chi connectivity index (χ1v) is 9.93. The van der Waals surface area contributed by atoms with Crippen molar-refractivity contribution in [2.45, 2.75) is 18.9 Å². The van der Waals surface area contributed by atoms with Crippen LogP contribution in [0.5, 0.6) is 0 Å². The number of para-hydroxylation sites is 2. The zero-order valence-electron chi connectivity index (χ0n) is 16.8. The second-order valence-corrected chi connectivity index (χ2v) is 7.54. The van der Waals surface area contributed by atoms with Gasteiger partial charge < -0.3 is 20.4 Å². The summed E-state index contributed by atoms with van der Waals surface area (Å²) in [6.07, 6.45) is 5.06. The molecule has 2 aromatic rings. The van der Waals surface area contributed by atoms with E-state index in [1.165, 1.54) is 11.1 Å². The van der Waals surface area contributed by atoms with Gasteiger partial charge in [0.25, 0.3) is 0 Å². The van der Waals surface area contributed by atoms with Crippen molar-refractivity contribution in [2.75, 3.05) is 37.7 Å². The molecule has 29 heavy (non-hydrogen) atoms. The van der Waals surface area contributed by atoms with E-state index in [4.69, 9.17) is 0 Å². The SMILES string of the molecule is CC(CO)(CO)NCC(=O)NCCCN1c2ccccc2C=Cc2ccccc21. The fraction of sp³-hybridized carbons (Fsp3) is 0.348. The fourth-order valence-electron chi connectivity index (χ4n) is 3.28. The second kappa shape index (κ2) is 9.69. The minimum Gasteiger partial charge on any atom is -0.394 e. The number of carbonyl (C=O) groups excluding carboxylic acids is 1. The van der Waals surface area contributed by atoms with Gasteiger partial charge >= 0.3 is 0 Å². The largest absolute Gasteiger partial charge is 0.394 e. The van der Waals surface area contributed by atoms with Crippen LogP contribution in [-0.4, -0.2) is 54.5 Å². The third-order valence-electron chi connectivity index (χ3n) is 5.15. The van der Waals surface area contributed by atoms with Crippen molar-refractivity contribution >= 4 is 29.4 Å². The van der Waals surface area contributed by atoms with Crippen molar-refractivity contribution in [3.63, 3.8) is 0 Å². The number of hydrogen-bond donors (Lipinski definition) is 4. The molecule has 0 radical (unpaired) electrons. The molecule has 0 saturated heterocycles. The van der Waals surface area contributed by atoms with Gasteiger partial charge in [-0.25, -0.2) is 0 Å². The van der Waals surface area contributed by atoms with Crippen LogP contribution in [0.15, 0.2) is 48.5 Å². The average molecular weight is 396 g/mol. The van der Waals surface area contributed by atoms with E-state index in [0.717, 1.165) is 24.3 Å². The van der Waals surface area contributed by atoms with Gasteiger partial charge in [0, 0.05) is 24.5 Å². The number of benzene rings is 2. The minimum absolute atomic E-state index is 0.0525. The van der Waals surface area contributed by atoms with Gasteiger partial charge in [0.05, 0.1) is 25.3 Å². The average Bonchev–Trinajstić information content (AvgIpc) is 2.92. The molecule has 6 heteroatoms. The second-order valence-electron chi connectivity index (χ2n) is 7.54. The predicted molar refractivity (Wildman–Crippen MR) is 117 cm³/mol. The number of nitrogens with one attached hydrogen (secondary N) is 2. The predicted octanol–water partition coefficient (Wildman–Crippen LogP) is 2.15. The maximum absolute atomic E-state index is 12.1. The first-order chi connectivity index (χ1) is 14.1. The molecule has 0 atom stereocenters. The van der Waals surface area contributed by atoms with Crippen LogP contribution in [-0.2, 0) is 4.79 Å². The molecular weight excluding hydrogens is 366 g/mol. The van der Waals surface area contributed by atoms with Crippen molar-refractivity contribution in [2.24, 2.45) is 0 Å². The lowest BCUT2D eigenvalue weighted by Gasteiger charge is -2.27. The number of rotatable bonds is 9. The summed E-state index contributed by atoms with van der Waals surface area (Å²) in [5.74, 6) is -0.156. The van der Waals surface area contributed by atoms with Crippen molar-refractivity contribution in [1.82, 2.24) is 10.6 Å². The van der Waals surface area contributed by atoms with Crippen LogP contribution < -0.4 is 15.5 Å². The third kappa shape index (κ3) is 5.23.